The van der Waals surface area contributed by atoms with Crippen molar-refractivity contribution in [2.24, 2.45) is 22.7 Å². The molecule has 2 N–H and O–H groups in total. The second-order valence-corrected chi connectivity index (χ2v) is 11.2. The van der Waals surface area contributed by atoms with E-state index >= 15 is 0 Å². The zero-order valence-corrected chi connectivity index (χ0v) is 25.5. The van der Waals surface area contributed by atoms with Gasteiger partial charge < -0.3 is 20.5 Å². The van der Waals surface area contributed by atoms with Crippen LogP contribution >= 0.6 is 23.2 Å². The molecule has 1 aliphatic rings. The Morgan fingerprint density at radius 3 is 2.48 bits per heavy atom. The molecule has 218 valence electrons. The number of hydrogen-bond acceptors (Lipinski definition) is 5. The first-order valence-corrected chi connectivity index (χ1v) is 14.4. The highest BCUT2D eigenvalue weighted by Gasteiger charge is 2.23. The van der Waals surface area contributed by atoms with Crippen LogP contribution in [0.15, 0.2) is 53.3 Å². The van der Waals surface area contributed by atoms with E-state index in [1.165, 1.54) is 18.3 Å². The molecule has 0 bridgehead atoms. The number of halogens is 3. The van der Waals surface area contributed by atoms with Crippen molar-refractivity contribution in [2.75, 3.05) is 13.1 Å². The van der Waals surface area contributed by atoms with Gasteiger partial charge in [0.25, 0.3) is 0 Å². The molecule has 6 nitrogen and oxygen atoms in total. The van der Waals surface area contributed by atoms with Crippen molar-refractivity contribution in [1.29, 1.82) is 10.8 Å². The van der Waals surface area contributed by atoms with Gasteiger partial charge in [0.15, 0.2) is 0 Å². The maximum Gasteiger partial charge on any atom is 0.246 e. The zero-order chi connectivity index (χ0) is 29.8. The van der Waals surface area contributed by atoms with E-state index < -0.39 is 11.9 Å². The topological polar surface area (TPSA) is 89.6 Å². The molecule has 2 rings (SSSR count). The molecule has 9 heteroatoms. The Kier molecular flexibility index (Phi) is 13.8. The van der Waals surface area contributed by atoms with E-state index in [1.807, 2.05) is 30.1 Å². The molecule has 0 spiro atoms. The summed E-state index contributed by atoms with van der Waals surface area (Å²) in [6.07, 6.45) is 14.0. The lowest BCUT2D eigenvalue weighted by atomic mass is 9.92. The Hall–Kier alpha value is -2.77. The summed E-state index contributed by atoms with van der Waals surface area (Å²) in [4.78, 5) is 19.1. The third-order valence-electron chi connectivity index (χ3n) is 6.67. The predicted octanol–water partition coefficient (Wildman–Crippen LogP) is 8.26. The van der Waals surface area contributed by atoms with E-state index in [0.717, 1.165) is 19.3 Å². The van der Waals surface area contributed by atoms with Gasteiger partial charge in [-0.15, -0.1) is 0 Å². The molecule has 3 atom stereocenters. The molecule has 1 saturated heterocycles. The molecule has 1 fully saturated rings. The molecule has 0 radical (unpaired) electrons. The SMILES string of the molecule is CC=CC(/C=C(/OC(C)c1c(Cl)ccc(F)c1Cl)C(C)=N)C(C=N)C=NC1CCN(C(=O)C=CCC(C)C)CC1. The average Bonchev–Trinajstić information content (AvgIpc) is 2.91. The number of nitrogens with zero attached hydrogens (tertiary/aromatic N) is 2. The summed E-state index contributed by atoms with van der Waals surface area (Å²) in [5, 5.41) is 16.5. The van der Waals surface area contributed by atoms with Crippen LogP contribution in [0.4, 0.5) is 4.39 Å². The van der Waals surface area contributed by atoms with Gasteiger partial charge in [-0.3, -0.25) is 9.79 Å². The average molecular weight is 592 g/mol. The summed E-state index contributed by atoms with van der Waals surface area (Å²) < 4.78 is 20.1. The van der Waals surface area contributed by atoms with Gasteiger partial charge in [-0.25, -0.2) is 4.39 Å². The molecular weight excluding hydrogens is 550 g/mol. The summed E-state index contributed by atoms with van der Waals surface area (Å²) in [7, 11) is 0. The van der Waals surface area contributed by atoms with E-state index in [2.05, 4.69) is 13.8 Å². The van der Waals surface area contributed by atoms with Gasteiger partial charge in [-0.05, 0) is 70.2 Å². The number of hydrogen-bond donors (Lipinski definition) is 2. The van der Waals surface area contributed by atoms with Crippen molar-refractivity contribution in [3.63, 3.8) is 0 Å². The van der Waals surface area contributed by atoms with Gasteiger partial charge in [0.05, 0.1) is 16.8 Å². The molecule has 1 heterocycles. The Morgan fingerprint density at radius 2 is 1.90 bits per heavy atom. The summed E-state index contributed by atoms with van der Waals surface area (Å²) >= 11 is 12.4. The van der Waals surface area contributed by atoms with Gasteiger partial charge in [-0.2, -0.15) is 0 Å². The van der Waals surface area contributed by atoms with Crippen LogP contribution in [0, 0.1) is 34.4 Å². The van der Waals surface area contributed by atoms with Crippen molar-refractivity contribution in [3.8, 4) is 0 Å². The van der Waals surface area contributed by atoms with Crippen LogP contribution in [0.5, 0.6) is 0 Å². The van der Waals surface area contributed by atoms with Gasteiger partial charge in [0.2, 0.25) is 5.91 Å². The monoisotopic (exact) mass is 590 g/mol. The lowest BCUT2D eigenvalue weighted by Crippen LogP contribution is -2.39. The minimum absolute atomic E-state index is 0.0447. The first-order chi connectivity index (χ1) is 19.0. The number of carbonyl (C=O) groups excluding carboxylic acids is 1. The number of amides is 1. The lowest BCUT2D eigenvalue weighted by molar-refractivity contribution is -0.127. The first kappa shape index (κ1) is 33.4. The highest BCUT2D eigenvalue weighted by atomic mass is 35.5. The quantitative estimate of drug-likeness (QED) is 0.0795. The van der Waals surface area contributed by atoms with Crippen LogP contribution in [-0.4, -0.2) is 48.1 Å². The normalized spacial score (nSPS) is 17.6. The van der Waals surface area contributed by atoms with Crippen molar-refractivity contribution < 1.29 is 13.9 Å². The number of piperidine rings is 1. The second-order valence-electron chi connectivity index (χ2n) is 10.4. The maximum atomic E-state index is 14.1. The molecule has 0 saturated carbocycles. The second kappa shape index (κ2) is 16.5. The van der Waals surface area contributed by atoms with Crippen molar-refractivity contribution in [2.45, 2.75) is 66.0 Å². The molecule has 0 aromatic heterocycles. The Labute approximate surface area is 248 Å². The maximum absolute atomic E-state index is 14.1. The highest BCUT2D eigenvalue weighted by Crippen LogP contribution is 2.35. The fourth-order valence-corrected chi connectivity index (χ4v) is 5.04. The highest BCUT2D eigenvalue weighted by molar-refractivity contribution is 6.36. The van der Waals surface area contributed by atoms with Crippen molar-refractivity contribution in [3.05, 3.63) is 69.7 Å². The standard InChI is InChI=1S/C31H41Cl2FN4O2/c1-6-8-23(17-28(21(4)36)40-22(5)30-26(32)11-12-27(34)31(30)33)24(18-35)19-37-25-13-15-38(16-14-25)29(39)10-7-9-20(2)3/h6-8,10-12,17-20,22-25,35-36H,9,13-16H2,1-5H3/b8-6?,10-7?,28-17+,35-18?,36-21?,37-19?. The van der Waals surface area contributed by atoms with Gasteiger partial charge >= 0.3 is 0 Å². The number of likely N-dealkylation sites (tertiary alicyclic amines) is 1. The van der Waals surface area contributed by atoms with Crippen LogP contribution in [0.25, 0.3) is 0 Å². The van der Waals surface area contributed by atoms with Gasteiger partial charge in [-0.1, -0.05) is 55.3 Å². The zero-order valence-electron chi connectivity index (χ0n) is 24.0. The van der Waals surface area contributed by atoms with E-state index in [0.29, 0.717) is 24.6 Å². The smallest absolute Gasteiger partial charge is 0.246 e. The van der Waals surface area contributed by atoms with Crippen LogP contribution < -0.4 is 0 Å². The number of benzene rings is 1. The Balaban J connectivity index is 2.14. The Morgan fingerprint density at radius 1 is 1.23 bits per heavy atom. The first-order valence-electron chi connectivity index (χ1n) is 13.7. The molecule has 3 unspecified atom stereocenters. The number of aliphatic imine (C=N–C) groups is 1. The van der Waals surface area contributed by atoms with E-state index in [4.69, 9.17) is 43.7 Å². The number of ether oxygens (including phenoxy) is 1. The van der Waals surface area contributed by atoms with E-state index in [9.17, 15) is 9.18 Å². The van der Waals surface area contributed by atoms with E-state index in [1.54, 1.807) is 32.2 Å². The number of carbonyl (C=O) groups is 1. The molecule has 0 aliphatic carbocycles. The molecule has 40 heavy (non-hydrogen) atoms. The largest absolute Gasteiger partial charge is 0.484 e. The van der Waals surface area contributed by atoms with Gasteiger partial charge in [0.1, 0.15) is 17.7 Å². The molecule has 1 amide bonds. The van der Waals surface area contributed by atoms with Crippen molar-refractivity contribution in [1.82, 2.24) is 4.90 Å². The minimum atomic E-state index is -0.714. The molecular formula is C31H41Cl2FN4O2. The fraction of sp³-hybridized carbons (Fsp3) is 0.484. The van der Waals surface area contributed by atoms with Crippen LogP contribution in [-0.2, 0) is 9.53 Å². The predicted molar refractivity (Wildman–Crippen MR) is 165 cm³/mol. The third kappa shape index (κ3) is 10.0. The number of allylic oxidation sites excluding steroid dienone is 5. The molecule has 1 aromatic rings. The summed E-state index contributed by atoms with van der Waals surface area (Å²) in [6.45, 7) is 10.7. The summed E-state index contributed by atoms with van der Waals surface area (Å²) in [6, 6.07) is 2.69. The van der Waals surface area contributed by atoms with Gasteiger partial charge in [0, 0.05) is 47.9 Å². The number of rotatable bonds is 13. The van der Waals surface area contributed by atoms with Crippen LogP contribution in [0.2, 0.25) is 10.0 Å². The number of nitrogens with one attached hydrogen (secondary N) is 2. The fourth-order valence-electron chi connectivity index (χ4n) is 4.37. The summed E-state index contributed by atoms with van der Waals surface area (Å²) in [5.74, 6) is -0.429. The van der Waals surface area contributed by atoms with Crippen LogP contribution in [0.3, 0.4) is 0 Å². The Bertz CT molecular complexity index is 1150. The van der Waals surface area contributed by atoms with Crippen LogP contribution in [0.1, 0.15) is 65.5 Å². The summed E-state index contributed by atoms with van der Waals surface area (Å²) in [5.41, 5.74) is 0.480. The lowest BCUT2D eigenvalue weighted by Gasteiger charge is -2.29. The molecule has 1 aliphatic heterocycles. The molecule has 1 aromatic carbocycles. The van der Waals surface area contributed by atoms with E-state index in [-0.39, 0.29) is 45.3 Å². The minimum Gasteiger partial charge on any atom is -0.484 e. The third-order valence-corrected chi connectivity index (χ3v) is 7.38. The van der Waals surface area contributed by atoms with Crippen molar-refractivity contribution >= 4 is 47.2 Å².